The molecule has 49 heavy (non-hydrogen) atoms. The number of hydrogen-bond acceptors (Lipinski definition) is 4. The summed E-state index contributed by atoms with van der Waals surface area (Å²) in [6.07, 6.45) is 37.3. The first-order valence-corrected chi connectivity index (χ1v) is 25.8. The molecule has 0 aromatic heterocycles. The van der Waals surface area contributed by atoms with Crippen LogP contribution in [0, 0.1) is 0 Å². The van der Waals surface area contributed by atoms with Crippen LogP contribution in [-0.2, 0) is 14.3 Å². The number of carbonyl (C=O) groups is 2. The topological polar surface area (TPSA) is 66.8 Å². The molecule has 0 aromatic rings. The van der Waals surface area contributed by atoms with Gasteiger partial charge in [-0.25, -0.2) is 0 Å². The maximum absolute atomic E-state index is 13.1. The SMILES string of the molecule is CCCCCCCCCOC(=O)CCCCCCC[As](CCO)CCCCCCCC(=O)N(CCCCCCCC)CCCCCCCC. The van der Waals surface area contributed by atoms with E-state index in [1.807, 2.05) is 0 Å². The minimum Gasteiger partial charge on any atom is -0.0654 e. The van der Waals surface area contributed by atoms with Crippen LogP contribution in [0.2, 0.25) is 15.6 Å². The van der Waals surface area contributed by atoms with E-state index in [1.54, 1.807) is 0 Å². The molecule has 1 atom stereocenters. The second-order valence-corrected chi connectivity index (χ2v) is 20.5. The molecule has 0 heterocycles. The van der Waals surface area contributed by atoms with E-state index in [1.165, 1.54) is 171 Å². The summed E-state index contributed by atoms with van der Waals surface area (Å²) in [4.78, 5) is 27.3. The number of carbonyl (C=O) groups excluding carboxylic acids is 2. The third kappa shape index (κ3) is 35.6. The molecule has 0 radical (unpaired) electrons. The van der Waals surface area contributed by atoms with Crippen molar-refractivity contribution < 1.29 is 19.4 Å². The number of rotatable bonds is 40. The summed E-state index contributed by atoms with van der Waals surface area (Å²) in [6.45, 7) is 9.66. The number of aliphatic hydroxyl groups excluding tert-OH is 1. The van der Waals surface area contributed by atoms with Crippen LogP contribution < -0.4 is 0 Å². The molecule has 0 fully saturated rings. The third-order valence-corrected chi connectivity index (χ3v) is 15.8. The molecule has 1 N–H and O–H groups in total. The van der Waals surface area contributed by atoms with Crippen molar-refractivity contribution in [3.8, 4) is 0 Å². The molecule has 0 aliphatic rings. The summed E-state index contributed by atoms with van der Waals surface area (Å²) >= 11 is -0.927. The molecule has 5 nitrogen and oxygen atoms in total. The van der Waals surface area contributed by atoms with Gasteiger partial charge in [0.15, 0.2) is 0 Å². The number of ether oxygens (including phenoxy) is 1. The third-order valence-electron chi connectivity index (χ3n) is 10.1. The fourth-order valence-corrected chi connectivity index (χ4v) is 11.6. The molecule has 0 spiro atoms. The molecular weight excluding hydrogens is 669 g/mol. The van der Waals surface area contributed by atoms with Crippen molar-refractivity contribution in [2.45, 2.75) is 235 Å². The maximum atomic E-state index is 13.1. The van der Waals surface area contributed by atoms with Crippen LogP contribution in [0.4, 0.5) is 0 Å². The standard InChI is InChI=1S/C43H86AsNO4/c1-4-7-10-13-16-25-32-41-49-43(48)34-27-20-18-22-29-36-44(37-40-46)35-28-21-17-19-26-33-42(47)45(38-30-23-14-11-8-5-2)39-31-24-15-12-9-6-3/h46H,4-41H2,1-3H3. The van der Waals surface area contributed by atoms with Crippen LogP contribution in [0.1, 0.15) is 220 Å². The molecule has 6 heteroatoms. The van der Waals surface area contributed by atoms with E-state index >= 15 is 0 Å². The van der Waals surface area contributed by atoms with Gasteiger partial charge in [-0.3, -0.25) is 0 Å². The van der Waals surface area contributed by atoms with Gasteiger partial charge in [0, 0.05) is 0 Å². The predicted molar refractivity (Wildman–Crippen MR) is 215 cm³/mol. The fraction of sp³-hybridized carbons (Fsp3) is 0.953. The Labute approximate surface area is 311 Å². The number of nitrogens with zero attached hydrogens (tertiary/aromatic N) is 1. The fourth-order valence-electron chi connectivity index (χ4n) is 6.76. The number of esters is 1. The van der Waals surface area contributed by atoms with Crippen LogP contribution in [0.3, 0.4) is 0 Å². The molecule has 1 unspecified atom stereocenters. The minimum absolute atomic E-state index is 0.0117. The second-order valence-electron chi connectivity index (χ2n) is 14.9. The van der Waals surface area contributed by atoms with Gasteiger partial charge in [0.25, 0.3) is 0 Å². The molecule has 0 saturated heterocycles. The van der Waals surface area contributed by atoms with Gasteiger partial charge in [-0.1, -0.05) is 104 Å². The van der Waals surface area contributed by atoms with Crippen molar-refractivity contribution >= 4 is 26.5 Å². The van der Waals surface area contributed by atoms with Crippen LogP contribution in [0.5, 0.6) is 0 Å². The van der Waals surface area contributed by atoms with Crippen LogP contribution >= 0.6 is 0 Å². The number of aliphatic hydroxyl groups is 1. The summed E-state index contributed by atoms with van der Waals surface area (Å²) in [7, 11) is 0. The Morgan fingerprint density at radius 1 is 0.469 bits per heavy atom. The van der Waals surface area contributed by atoms with E-state index in [0.29, 0.717) is 25.5 Å². The summed E-state index contributed by atoms with van der Waals surface area (Å²) in [5, 5.41) is 13.4. The number of hydrogen-bond donors (Lipinski definition) is 1. The van der Waals surface area contributed by atoms with E-state index in [2.05, 4.69) is 25.7 Å². The Balaban J connectivity index is 3.97. The summed E-state index contributed by atoms with van der Waals surface area (Å²) in [5.41, 5.74) is 0. The van der Waals surface area contributed by atoms with Crippen LogP contribution in [-0.4, -0.2) is 62.8 Å². The molecule has 0 bridgehead atoms. The van der Waals surface area contributed by atoms with Crippen molar-refractivity contribution in [3.63, 3.8) is 0 Å². The van der Waals surface area contributed by atoms with E-state index in [0.717, 1.165) is 50.4 Å². The van der Waals surface area contributed by atoms with E-state index in [4.69, 9.17) is 4.74 Å². The Morgan fingerprint density at radius 2 is 0.857 bits per heavy atom. The van der Waals surface area contributed by atoms with Gasteiger partial charge in [0.05, 0.1) is 0 Å². The van der Waals surface area contributed by atoms with Gasteiger partial charge in [-0.2, -0.15) is 0 Å². The first-order chi connectivity index (χ1) is 24.1. The molecule has 0 aliphatic carbocycles. The zero-order valence-electron chi connectivity index (χ0n) is 33.4. The van der Waals surface area contributed by atoms with Gasteiger partial charge in [-0.05, 0) is 0 Å². The summed E-state index contributed by atoms with van der Waals surface area (Å²) in [5.74, 6) is 0.388. The molecule has 0 saturated carbocycles. The molecule has 0 aromatic carbocycles. The van der Waals surface area contributed by atoms with Gasteiger partial charge < -0.3 is 0 Å². The Hall–Kier alpha value is -0.542. The van der Waals surface area contributed by atoms with E-state index < -0.39 is 14.7 Å². The van der Waals surface area contributed by atoms with Gasteiger partial charge >= 0.3 is 208 Å². The van der Waals surface area contributed by atoms with Crippen molar-refractivity contribution in [1.82, 2.24) is 4.90 Å². The summed E-state index contributed by atoms with van der Waals surface area (Å²) in [6, 6.07) is 0. The quantitative estimate of drug-likeness (QED) is 0.0384. The normalized spacial score (nSPS) is 12.0. The van der Waals surface area contributed by atoms with Crippen molar-refractivity contribution in [2.75, 3.05) is 26.3 Å². The summed E-state index contributed by atoms with van der Waals surface area (Å²) < 4.78 is 5.42. The first kappa shape index (κ1) is 48.5. The van der Waals surface area contributed by atoms with Crippen molar-refractivity contribution in [1.29, 1.82) is 0 Å². The molecule has 292 valence electrons. The van der Waals surface area contributed by atoms with Crippen LogP contribution in [0.25, 0.3) is 0 Å². The molecular formula is C43H86AsNO4. The van der Waals surface area contributed by atoms with E-state index in [9.17, 15) is 14.7 Å². The molecule has 1 amide bonds. The minimum atomic E-state index is -0.927. The zero-order valence-corrected chi connectivity index (χ0v) is 35.3. The smallest absolute Gasteiger partial charge is 0.0654 e. The molecule has 0 rings (SSSR count). The average molecular weight is 756 g/mol. The Morgan fingerprint density at radius 3 is 1.33 bits per heavy atom. The van der Waals surface area contributed by atoms with Crippen molar-refractivity contribution in [2.24, 2.45) is 0 Å². The number of unbranched alkanes of at least 4 members (excludes halogenated alkanes) is 24. The second kappa shape index (κ2) is 40.2. The van der Waals surface area contributed by atoms with Crippen molar-refractivity contribution in [3.05, 3.63) is 0 Å². The van der Waals surface area contributed by atoms with Gasteiger partial charge in [0.1, 0.15) is 0 Å². The van der Waals surface area contributed by atoms with Crippen LogP contribution in [0.15, 0.2) is 0 Å². The average Bonchev–Trinajstić information content (AvgIpc) is 3.10. The van der Waals surface area contributed by atoms with Gasteiger partial charge in [0.2, 0.25) is 0 Å². The van der Waals surface area contributed by atoms with E-state index in [-0.39, 0.29) is 5.97 Å². The predicted octanol–water partition coefficient (Wildman–Crippen LogP) is 13.0. The molecule has 0 aliphatic heterocycles. The first-order valence-electron chi connectivity index (χ1n) is 21.9. The monoisotopic (exact) mass is 756 g/mol. The number of amides is 1. The van der Waals surface area contributed by atoms with Gasteiger partial charge in [-0.15, -0.1) is 0 Å². The Bertz CT molecular complexity index is 675. The Kier molecular flexibility index (Phi) is 39.8. The zero-order chi connectivity index (χ0) is 35.9.